The monoisotopic (exact) mass is 281 g/mol. The molecule has 0 saturated heterocycles. The molecule has 0 aliphatic carbocycles. The van der Waals surface area contributed by atoms with Gasteiger partial charge in [0.25, 0.3) is 0 Å². The summed E-state index contributed by atoms with van der Waals surface area (Å²) < 4.78 is 38.4. The van der Waals surface area contributed by atoms with Crippen molar-refractivity contribution in [3.63, 3.8) is 0 Å². The van der Waals surface area contributed by atoms with Crippen LogP contribution in [0, 0.1) is 11.3 Å². The Balaban J connectivity index is 2.13. The smallest absolute Gasteiger partial charge is 0.381 e. The van der Waals surface area contributed by atoms with Gasteiger partial charge in [0.05, 0.1) is 17.2 Å². The number of hydrogen-bond donors (Lipinski definition) is 2. The molecular weight excluding hydrogens is 267 g/mol. The molecule has 0 spiro atoms. The Labute approximate surface area is 115 Å². The van der Waals surface area contributed by atoms with Crippen LogP contribution in [0.25, 0.3) is 0 Å². The average molecular weight is 281 g/mol. The van der Waals surface area contributed by atoms with Crippen LogP contribution in [-0.4, -0.2) is 19.6 Å². The minimum atomic E-state index is -4.52. The van der Waals surface area contributed by atoms with E-state index < -0.39 is 11.7 Å². The van der Waals surface area contributed by atoms with E-state index in [9.17, 15) is 13.2 Å². The van der Waals surface area contributed by atoms with Crippen molar-refractivity contribution >= 4 is 5.69 Å². The number of hydrogen-bond acceptors (Lipinski definition) is 3. The van der Waals surface area contributed by atoms with Crippen molar-refractivity contribution in [1.82, 2.24) is 5.32 Å². The first-order valence-electron chi connectivity index (χ1n) is 6.24. The van der Waals surface area contributed by atoms with Crippen molar-refractivity contribution in [1.29, 1.82) is 5.26 Å². The van der Waals surface area contributed by atoms with Gasteiger partial charge in [-0.3, -0.25) is 0 Å². The fraction of sp³-hybridized carbons (Fsp3) is 0.357. The summed E-state index contributed by atoms with van der Waals surface area (Å²) >= 11 is 0. The average Bonchev–Trinajstić information content (AvgIpc) is 2.45. The quantitative estimate of drug-likeness (QED) is 0.837. The zero-order chi connectivity index (χ0) is 14.6. The maximum Gasteiger partial charge on any atom is 0.417 e. The minimum absolute atomic E-state index is 0.357. The van der Waals surface area contributed by atoms with Gasteiger partial charge in [0.15, 0.2) is 0 Å². The van der Waals surface area contributed by atoms with Crippen molar-refractivity contribution in [3.8, 4) is 6.07 Å². The van der Waals surface area contributed by atoms with Crippen LogP contribution in [0.4, 0.5) is 18.9 Å². The molecule has 1 aliphatic heterocycles. The van der Waals surface area contributed by atoms with Crippen LogP contribution in [0.5, 0.6) is 0 Å². The summed E-state index contributed by atoms with van der Waals surface area (Å²) in [5, 5.41) is 14.9. The molecule has 0 bridgehead atoms. The highest BCUT2D eigenvalue weighted by Gasteiger charge is 2.33. The minimum Gasteiger partial charge on any atom is -0.381 e. The van der Waals surface area contributed by atoms with Crippen molar-refractivity contribution in [2.45, 2.75) is 12.6 Å². The van der Waals surface area contributed by atoms with Gasteiger partial charge in [-0.05, 0) is 31.2 Å². The van der Waals surface area contributed by atoms with E-state index in [0.717, 1.165) is 25.6 Å². The predicted octanol–water partition coefficient (Wildman–Crippen LogP) is 2.91. The number of halogens is 3. The molecule has 1 aliphatic rings. The van der Waals surface area contributed by atoms with Crippen molar-refractivity contribution < 1.29 is 13.2 Å². The molecule has 0 amide bonds. The number of nitrogens with zero attached hydrogens (tertiary/aromatic N) is 1. The van der Waals surface area contributed by atoms with Gasteiger partial charge < -0.3 is 10.6 Å². The zero-order valence-corrected chi connectivity index (χ0v) is 10.7. The second kappa shape index (κ2) is 5.97. The van der Waals surface area contributed by atoms with Crippen LogP contribution in [-0.2, 0) is 6.18 Å². The summed E-state index contributed by atoms with van der Waals surface area (Å²) in [5.41, 5.74) is 0.283. The molecule has 1 aromatic rings. The van der Waals surface area contributed by atoms with Gasteiger partial charge in [-0.2, -0.15) is 18.4 Å². The van der Waals surface area contributed by atoms with Gasteiger partial charge in [0.2, 0.25) is 0 Å². The zero-order valence-electron chi connectivity index (χ0n) is 10.7. The molecule has 1 aromatic carbocycles. The Bertz CT molecular complexity index is 556. The maximum atomic E-state index is 12.8. The number of nitriles is 1. The van der Waals surface area contributed by atoms with Crippen LogP contribution >= 0.6 is 0 Å². The first-order valence-corrected chi connectivity index (χ1v) is 6.24. The van der Waals surface area contributed by atoms with Crippen LogP contribution in [0.2, 0.25) is 0 Å². The number of rotatable bonds is 3. The fourth-order valence-electron chi connectivity index (χ4n) is 2.03. The molecule has 20 heavy (non-hydrogen) atoms. The maximum absolute atomic E-state index is 12.8. The van der Waals surface area contributed by atoms with E-state index in [-0.39, 0.29) is 5.56 Å². The van der Waals surface area contributed by atoms with E-state index >= 15 is 0 Å². The third-order valence-corrected chi connectivity index (χ3v) is 3.12. The second-order valence-electron chi connectivity index (χ2n) is 4.54. The summed E-state index contributed by atoms with van der Waals surface area (Å²) in [6.45, 7) is 2.19. The summed E-state index contributed by atoms with van der Waals surface area (Å²) in [5.74, 6) is 0. The molecule has 0 fully saturated rings. The largest absolute Gasteiger partial charge is 0.417 e. The van der Waals surface area contributed by atoms with Crippen molar-refractivity contribution in [2.24, 2.45) is 0 Å². The molecule has 106 valence electrons. The molecule has 0 aromatic heterocycles. The molecular formula is C14H14F3N3. The first kappa shape index (κ1) is 14.4. The standard InChI is InChI=1S/C14H14F3N3/c15-14(16,17)13-7-12(2-1-11(13)8-18)20-9-10-3-5-19-6-4-10/h1-3,7,19-20H,4-6,9H2. The lowest BCUT2D eigenvalue weighted by atomic mass is 10.1. The number of alkyl halides is 3. The fourth-order valence-corrected chi connectivity index (χ4v) is 2.03. The second-order valence-corrected chi connectivity index (χ2v) is 4.54. The molecule has 0 radical (unpaired) electrons. The van der Waals surface area contributed by atoms with E-state index in [2.05, 4.69) is 10.6 Å². The molecule has 2 rings (SSSR count). The molecule has 0 unspecified atom stereocenters. The number of anilines is 1. The Morgan fingerprint density at radius 3 is 2.75 bits per heavy atom. The lowest BCUT2D eigenvalue weighted by Crippen LogP contribution is -2.23. The third kappa shape index (κ3) is 3.52. The summed E-state index contributed by atoms with van der Waals surface area (Å²) in [4.78, 5) is 0. The normalized spacial score (nSPS) is 15.4. The van der Waals surface area contributed by atoms with E-state index in [1.54, 1.807) is 6.07 Å². The SMILES string of the molecule is N#Cc1ccc(NCC2=CCNCC2)cc1C(F)(F)F. The lowest BCUT2D eigenvalue weighted by molar-refractivity contribution is -0.137. The lowest BCUT2D eigenvalue weighted by Gasteiger charge is -2.16. The molecule has 1 heterocycles. The Kier molecular flexibility index (Phi) is 4.30. The summed E-state index contributed by atoms with van der Waals surface area (Å²) in [7, 11) is 0. The molecule has 3 nitrogen and oxygen atoms in total. The van der Waals surface area contributed by atoms with Gasteiger partial charge >= 0.3 is 6.18 Å². The van der Waals surface area contributed by atoms with E-state index in [4.69, 9.17) is 5.26 Å². The third-order valence-electron chi connectivity index (χ3n) is 3.12. The molecule has 2 N–H and O–H groups in total. The Morgan fingerprint density at radius 2 is 2.15 bits per heavy atom. The van der Waals surface area contributed by atoms with Crippen molar-refractivity contribution in [2.75, 3.05) is 25.0 Å². The number of benzene rings is 1. The molecule has 6 heteroatoms. The summed E-state index contributed by atoms with van der Waals surface area (Å²) in [6.07, 6.45) is -1.60. The Hall–Kier alpha value is -2.00. The molecule has 0 saturated carbocycles. The first-order chi connectivity index (χ1) is 9.50. The highest BCUT2D eigenvalue weighted by Crippen LogP contribution is 2.33. The predicted molar refractivity (Wildman–Crippen MR) is 70.2 cm³/mol. The van der Waals surface area contributed by atoms with Crippen LogP contribution < -0.4 is 10.6 Å². The van der Waals surface area contributed by atoms with Crippen molar-refractivity contribution in [3.05, 3.63) is 41.0 Å². The molecule has 0 atom stereocenters. The Morgan fingerprint density at radius 1 is 1.35 bits per heavy atom. The van der Waals surface area contributed by atoms with E-state index in [0.29, 0.717) is 12.2 Å². The topological polar surface area (TPSA) is 47.9 Å². The highest BCUT2D eigenvalue weighted by molar-refractivity contribution is 5.53. The van der Waals surface area contributed by atoms with E-state index in [1.807, 2.05) is 6.08 Å². The van der Waals surface area contributed by atoms with Gasteiger partial charge in [0, 0.05) is 18.8 Å². The van der Waals surface area contributed by atoms with Gasteiger partial charge in [-0.25, -0.2) is 0 Å². The van der Waals surface area contributed by atoms with Crippen LogP contribution in [0.3, 0.4) is 0 Å². The van der Waals surface area contributed by atoms with Crippen LogP contribution in [0.15, 0.2) is 29.8 Å². The van der Waals surface area contributed by atoms with Gasteiger partial charge in [-0.1, -0.05) is 11.6 Å². The highest BCUT2D eigenvalue weighted by atomic mass is 19.4. The van der Waals surface area contributed by atoms with E-state index in [1.165, 1.54) is 17.7 Å². The number of nitrogens with one attached hydrogen (secondary N) is 2. The van der Waals surface area contributed by atoms with Gasteiger partial charge in [0.1, 0.15) is 0 Å². The summed E-state index contributed by atoms with van der Waals surface area (Å²) in [6, 6.07) is 5.25. The van der Waals surface area contributed by atoms with Gasteiger partial charge in [-0.15, -0.1) is 0 Å². The van der Waals surface area contributed by atoms with Crippen LogP contribution in [0.1, 0.15) is 17.5 Å².